The van der Waals surface area contributed by atoms with E-state index in [0.29, 0.717) is 0 Å². The summed E-state index contributed by atoms with van der Waals surface area (Å²) in [7, 11) is 0. The van der Waals surface area contributed by atoms with E-state index >= 15 is 0 Å². The first-order valence-electron chi connectivity index (χ1n) is 6.23. The number of halogens is 2. The quantitative estimate of drug-likeness (QED) is 0.763. The molecule has 19 heavy (non-hydrogen) atoms. The van der Waals surface area contributed by atoms with E-state index in [1.54, 1.807) is 0 Å². The third-order valence-corrected chi connectivity index (χ3v) is 4.07. The molecule has 0 aliphatic rings. The Morgan fingerprint density at radius 1 is 1.00 bits per heavy atom. The Balaban J connectivity index is 2.16. The van der Waals surface area contributed by atoms with Gasteiger partial charge in [0.15, 0.2) is 0 Å². The minimum atomic E-state index is 0.781. The van der Waals surface area contributed by atoms with Gasteiger partial charge in [0.05, 0.1) is 0 Å². The Hall–Kier alpha value is -0.990. The van der Waals surface area contributed by atoms with Crippen LogP contribution in [-0.2, 0) is 6.54 Å². The highest BCUT2D eigenvalue weighted by atomic mass is 79.9. The van der Waals surface area contributed by atoms with Crippen LogP contribution in [0.25, 0.3) is 0 Å². The maximum absolute atomic E-state index is 6.14. The summed E-state index contributed by atoms with van der Waals surface area (Å²) in [5.74, 6) is 0. The van der Waals surface area contributed by atoms with Gasteiger partial charge < -0.3 is 5.32 Å². The molecule has 0 atom stereocenters. The molecule has 2 aromatic carbocycles. The van der Waals surface area contributed by atoms with Crippen molar-refractivity contribution >= 4 is 33.2 Å². The van der Waals surface area contributed by atoms with Crippen LogP contribution in [0.3, 0.4) is 0 Å². The normalized spacial score (nSPS) is 10.6. The summed E-state index contributed by atoms with van der Waals surface area (Å²) in [6.45, 7) is 7.02. The second-order valence-electron chi connectivity index (χ2n) is 4.85. The molecule has 0 radical (unpaired) electrons. The lowest BCUT2D eigenvalue weighted by Gasteiger charge is -2.14. The minimum Gasteiger partial charge on any atom is -0.381 e. The zero-order chi connectivity index (χ0) is 14.0. The maximum Gasteiger partial charge on any atom is 0.0438 e. The first-order chi connectivity index (χ1) is 8.97. The van der Waals surface area contributed by atoms with E-state index in [-0.39, 0.29) is 0 Å². The summed E-state index contributed by atoms with van der Waals surface area (Å²) >= 11 is 9.66. The van der Waals surface area contributed by atoms with E-state index < -0.39 is 0 Å². The average molecular weight is 339 g/mol. The van der Waals surface area contributed by atoms with Gasteiger partial charge in [-0.15, -0.1) is 0 Å². The monoisotopic (exact) mass is 337 g/mol. The van der Waals surface area contributed by atoms with Gasteiger partial charge >= 0.3 is 0 Å². The molecule has 0 aromatic heterocycles. The zero-order valence-corrected chi connectivity index (χ0v) is 13.7. The van der Waals surface area contributed by atoms with Crippen LogP contribution in [0, 0.1) is 20.8 Å². The summed E-state index contributed by atoms with van der Waals surface area (Å²) in [5.41, 5.74) is 5.98. The highest BCUT2D eigenvalue weighted by molar-refractivity contribution is 9.10. The molecular weight excluding hydrogens is 322 g/mol. The van der Waals surface area contributed by atoms with E-state index in [2.05, 4.69) is 59.4 Å². The van der Waals surface area contributed by atoms with E-state index in [9.17, 15) is 0 Å². The highest BCUT2D eigenvalue weighted by Gasteiger charge is 2.04. The van der Waals surface area contributed by atoms with Crippen molar-refractivity contribution in [2.75, 3.05) is 5.32 Å². The van der Waals surface area contributed by atoms with Crippen molar-refractivity contribution in [2.24, 2.45) is 0 Å². The Bertz CT molecular complexity index is 585. The molecule has 0 amide bonds. The van der Waals surface area contributed by atoms with Crippen molar-refractivity contribution in [2.45, 2.75) is 27.3 Å². The fraction of sp³-hybridized carbons (Fsp3) is 0.250. The molecule has 1 nitrogen and oxygen atoms in total. The van der Waals surface area contributed by atoms with Crippen LogP contribution in [0.15, 0.2) is 34.8 Å². The fourth-order valence-electron chi connectivity index (χ4n) is 2.13. The smallest absolute Gasteiger partial charge is 0.0438 e. The third kappa shape index (κ3) is 3.52. The van der Waals surface area contributed by atoms with E-state index in [1.165, 1.54) is 22.4 Å². The molecule has 0 bridgehead atoms. The van der Waals surface area contributed by atoms with E-state index in [0.717, 1.165) is 21.6 Å². The van der Waals surface area contributed by atoms with Crippen LogP contribution in [0.4, 0.5) is 5.69 Å². The van der Waals surface area contributed by atoms with Crippen molar-refractivity contribution in [3.63, 3.8) is 0 Å². The van der Waals surface area contributed by atoms with Crippen LogP contribution < -0.4 is 5.32 Å². The lowest BCUT2D eigenvalue weighted by Crippen LogP contribution is -2.03. The van der Waals surface area contributed by atoms with Crippen molar-refractivity contribution in [3.8, 4) is 0 Å². The van der Waals surface area contributed by atoms with Crippen molar-refractivity contribution in [3.05, 3.63) is 62.1 Å². The molecule has 2 aromatic rings. The van der Waals surface area contributed by atoms with E-state index in [4.69, 9.17) is 11.6 Å². The lowest BCUT2D eigenvalue weighted by molar-refractivity contribution is 1.12. The number of benzene rings is 2. The van der Waals surface area contributed by atoms with Gasteiger partial charge in [0.1, 0.15) is 0 Å². The summed E-state index contributed by atoms with van der Waals surface area (Å²) in [5, 5.41) is 4.31. The van der Waals surface area contributed by atoms with Crippen molar-refractivity contribution in [1.82, 2.24) is 0 Å². The van der Waals surface area contributed by atoms with Crippen LogP contribution in [0.5, 0.6) is 0 Å². The predicted molar refractivity (Wildman–Crippen MR) is 87.1 cm³/mol. The van der Waals surface area contributed by atoms with Gasteiger partial charge in [-0.05, 0) is 61.2 Å². The number of rotatable bonds is 3. The standard InChI is InChI=1S/C16H17BrClN/c1-10-4-5-13(8-15(10)18)9-19-16-11(2)6-14(17)7-12(16)3/h4-8,19H,9H2,1-3H3. The minimum absolute atomic E-state index is 0.781. The summed E-state index contributed by atoms with van der Waals surface area (Å²) < 4.78 is 1.12. The third-order valence-electron chi connectivity index (χ3n) is 3.20. The second-order valence-corrected chi connectivity index (χ2v) is 6.17. The Morgan fingerprint density at radius 2 is 1.63 bits per heavy atom. The molecule has 3 heteroatoms. The largest absolute Gasteiger partial charge is 0.381 e. The van der Waals surface area contributed by atoms with Gasteiger partial charge in [-0.3, -0.25) is 0 Å². The van der Waals surface area contributed by atoms with Gasteiger partial charge in [-0.1, -0.05) is 39.7 Å². The lowest BCUT2D eigenvalue weighted by atomic mass is 10.1. The van der Waals surface area contributed by atoms with Gasteiger partial charge in [0, 0.05) is 21.7 Å². The molecule has 0 heterocycles. The second kappa shape index (κ2) is 5.98. The molecule has 0 fully saturated rings. The highest BCUT2D eigenvalue weighted by Crippen LogP contribution is 2.26. The number of nitrogens with one attached hydrogen (secondary N) is 1. The molecule has 0 unspecified atom stereocenters. The summed E-state index contributed by atoms with van der Waals surface area (Å²) in [6, 6.07) is 10.4. The van der Waals surface area contributed by atoms with Crippen LogP contribution in [0.2, 0.25) is 5.02 Å². The molecular formula is C16H17BrClN. The number of hydrogen-bond donors (Lipinski definition) is 1. The zero-order valence-electron chi connectivity index (χ0n) is 11.3. The van der Waals surface area contributed by atoms with Gasteiger partial charge in [0.2, 0.25) is 0 Å². The molecule has 0 aliphatic heterocycles. The van der Waals surface area contributed by atoms with E-state index in [1.807, 2.05) is 13.0 Å². The molecule has 100 valence electrons. The number of aryl methyl sites for hydroxylation is 3. The topological polar surface area (TPSA) is 12.0 Å². The van der Waals surface area contributed by atoms with Gasteiger partial charge in [-0.2, -0.15) is 0 Å². The van der Waals surface area contributed by atoms with Gasteiger partial charge in [-0.25, -0.2) is 0 Å². The Morgan fingerprint density at radius 3 is 2.21 bits per heavy atom. The van der Waals surface area contributed by atoms with Crippen LogP contribution in [-0.4, -0.2) is 0 Å². The molecule has 2 rings (SSSR count). The number of hydrogen-bond acceptors (Lipinski definition) is 1. The molecule has 1 N–H and O–H groups in total. The average Bonchev–Trinajstić information content (AvgIpc) is 2.32. The first-order valence-corrected chi connectivity index (χ1v) is 7.40. The SMILES string of the molecule is Cc1ccc(CNc2c(C)cc(Br)cc2C)cc1Cl. The van der Waals surface area contributed by atoms with Crippen molar-refractivity contribution in [1.29, 1.82) is 0 Å². The molecule has 0 spiro atoms. The molecule has 0 aliphatic carbocycles. The predicted octanol–water partition coefficient (Wildman–Crippen LogP) is 5.64. The maximum atomic E-state index is 6.14. The summed E-state index contributed by atoms with van der Waals surface area (Å²) in [4.78, 5) is 0. The fourth-order valence-corrected chi connectivity index (χ4v) is 3.02. The summed E-state index contributed by atoms with van der Waals surface area (Å²) in [6.07, 6.45) is 0. The Kier molecular flexibility index (Phi) is 4.54. The van der Waals surface area contributed by atoms with Crippen molar-refractivity contribution < 1.29 is 0 Å². The Labute approximate surface area is 128 Å². The molecule has 0 saturated heterocycles. The van der Waals surface area contributed by atoms with Crippen LogP contribution in [0.1, 0.15) is 22.3 Å². The van der Waals surface area contributed by atoms with Crippen LogP contribution >= 0.6 is 27.5 Å². The molecule has 0 saturated carbocycles. The first kappa shape index (κ1) is 14.4. The van der Waals surface area contributed by atoms with Gasteiger partial charge in [0.25, 0.3) is 0 Å². The number of anilines is 1.